The molecule has 5 heteroatoms. The quantitative estimate of drug-likeness (QED) is 0.141. The number of benzene rings is 13. The molecule has 0 atom stereocenters. The van der Waals surface area contributed by atoms with Crippen LogP contribution in [0.3, 0.4) is 0 Å². The first-order valence-electron chi connectivity index (χ1n) is 43.3. The summed E-state index contributed by atoms with van der Waals surface area (Å²) in [5.41, 5.74) is 6.94. The predicted molar refractivity (Wildman–Crippen MR) is 407 cm³/mol. The van der Waals surface area contributed by atoms with E-state index in [9.17, 15) is 24.7 Å². The van der Waals surface area contributed by atoms with Gasteiger partial charge in [-0.3, -0.25) is 0 Å². The van der Waals surface area contributed by atoms with E-state index in [4.69, 9.17) is 6.85 Å². The Bertz CT molecular complexity index is 6770. The Labute approximate surface area is 591 Å². The predicted octanol–water partition coefficient (Wildman–Crippen LogP) is 22.5. The number of fused-ring (bicyclic) bond motifs is 10. The van der Waals surface area contributed by atoms with Crippen molar-refractivity contribution < 1.29 is 31.5 Å². The summed E-state index contributed by atoms with van der Waals surface area (Å²) in [5.74, 6) is 0. The van der Waals surface area contributed by atoms with Crippen molar-refractivity contribution in [3.05, 3.63) is 307 Å². The molecule has 0 fully saturated rings. The molecular weight excluding hydrogens is 1150 g/mol. The molecule has 0 aliphatic carbocycles. The fourth-order valence-corrected chi connectivity index (χ4v) is 14.1. The van der Waals surface area contributed by atoms with Crippen molar-refractivity contribution in [2.24, 2.45) is 0 Å². The van der Waals surface area contributed by atoms with Crippen LogP contribution in [0.4, 0.5) is 34.1 Å². The van der Waals surface area contributed by atoms with Gasteiger partial charge in [-0.05, 0) is 144 Å². The molecule has 2 aliphatic heterocycles. The lowest BCUT2D eigenvalue weighted by Gasteiger charge is -2.45. The molecule has 4 heterocycles. The number of anilines is 6. The molecule has 0 amide bonds. The van der Waals surface area contributed by atoms with Gasteiger partial charge in [-0.15, -0.1) is 0 Å². The summed E-state index contributed by atoms with van der Waals surface area (Å²) in [4.78, 5) is 3.86. The molecule has 2 aromatic heterocycles. The van der Waals surface area contributed by atoms with Crippen LogP contribution in [0.5, 0.6) is 0 Å². The van der Waals surface area contributed by atoms with Gasteiger partial charge in [0.1, 0.15) is 0 Å². The summed E-state index contributed by atoms with van der Waals surface area (Å²) in [6, 6.07) is 33.4. The van der Waals surface area contributed by atoms with E-state index in [0.717, 1.165) is 22.3 Å². The average molecular weight is 1250 g/mol. The van der Waals surface area contributed by atoms with E-state index >= 15 is 0 Å². The normalized spacial score (nSPS) is 16.4. The number of para-hydroxylation sites is 6. The number of nitrogens with zero attached hydrogens (tertiary/aromatic N) is 4. The molecule has 13 aromatic carbocycles. The van der Waals surface area contributed by atoms with Crippen LogP contribution in [0.2, 0.25) is 0 Å². The fourth-order valence-electron chi connectivity index (χ4n) is 14.1. The molecule has 0 N–H and O–H groups in total. The van der Waals surface area contributed by atoms with Crippen molar-refractivity contribution in [3.8, 4) is 55.9 Å². The Morgan fingerprint density at radius 3 is 1.13 bits per heavy atom. The zero-order valence-corrected chi connectivity index (χ0v) is 53.8. The Balaban J connectivity index is 1.13. The number of aromatic nitrogens is 2. The third-order valence-corrected chi connectivity index (χ3v) is 18.7. The number of hydrogen-bond acceptors (Lipinski definition) is 2. The maximum absolute atomic E-state index is 11.3. The van der Waals surface area contributed by atoms with Crippen molar-refractivity contribution in [1.29, 1.82) is 0 Å². The van der Waals surface area contributed by atoms with Gasteiger partial charge >= 0.3 is 0 Å². The Morgan fingerprint density at radius 1 is 0.295 bits per heavy atom. The lowest BCUT2D eigenvalue weighted by Crippen LogP contribution is -2.61. The largest absolute Gasteiger partial charge is 0.311 e. The van der Waals surface area contributed by atoms with Crippen LogP contribution in [-0.2, 0) is 16.2 Å². The summed E-state index contributed by atoms with van der Waals surface area (Å²) < 4.78 is 224. The van der Waals surface area contributed by atoms with Crippen LogP contribution in [0.25, 0.3) is 99.5 Å². The maximum Gasteiger partial charge on any atom is 0.252 e. The smallest absolute Gasteiger partial charge is 0.252 e. The summed E-state index contributed by atoms with van der Waals surface area (Å²) in [5, 5.41) is -0.908. The van der Waals surface area contributed by atoms with E-state index in [1.165, 1.54) is 21.3 Å². The van der Waals surface area contributed by atoms with Crippen molar-refractivity contribution >= 4 is 101 Å². The Kier molecular flexibility index (Phi) is 8.83. The van der Waals surface area contributed by atoms with Gasteiger partial charge in [-0.25, -0.2) is 0 Å². The van der Waals surface area contributed by atoms with Crippen LogP contribution in [0.15, 0.2) is 291 Å². The van der Waals surface area contributed by atoms with E-state index < -0.39 is 150 Å². The second kappa shape index (κ2) is 21.9. The van der Waals surface area contributed by atoms with E-state index in [1.807, 2.05) is 107 Å². The lowest BCUT2D eigenvalue weighted by molar-refractivity contribution is 0.590. The topological polar surface area (TPSA) is 16.3 Å². The first-order chi connectivity index (χ1) is 55.6. The minimum Gasteiger partial charge on any atom is -0.311 e. The monoisotopic (exact) mass is 1250 g/mol. The van der Waals surface area contributed by atoms with Crippen molar-refractivity contribution in [3.63, 3.8) is 0 Å². The van der Waals surface area contributed by atoms with Crippen LogP contribution >= 0.6 is 0 Å². The van der Waals surface area contributed by atoms with Crippen LogP contribution in [-0.4, -0.2) is 15.8 Å². The van der Waals surface area contributed by atoms with Gasteiger partial charge in [0.05, 0.1) is 65.0 Å². The van der Waals surface area contributed by atoms with Crippen molar-refractivity contribution in [1.82, 2.24) is 9.13 Å². The average Bonchev–Trinajstić information content (AvgIpc) is 0.894. The molecule has 15 aromatic rings. The molecule has 0 spiro atoms. The van der Waals surface area contributed by atoms with Gasteiger partial charge in [0, 0.05) is 72.4 Å². The highest BCUT2D eigenvalue weighted by molar-refractivity contribution is 7.00. The third-order valence-electron chi connectivity index (χ3n) is 18.7. The number of rotatable bonds is 8. The molecule has 0 saturated carbocycles. The highest BCUT2D eigenvalue weighted by Crippen LogP contribution is 2.53. The van der Waals surface area contributed by atoms with Crippen LogP contribution in [0.1, 0.15) is 111 Å². The zero-order valence-electron chi connectivity index (χ0n) is 76.8. The van der Waals surface area contributed by atoms with E-state index in [1.54, 1.807) is 24.3 Å². The molecule has 4 nitrogen and oxygen atoms in total. The Hall–Kier alpha value is -10.9. The highest BCUT2D eigenvalue weighted by Gasteiger charge is 2.45. The minimum absolute atomic E-state index is 0.0189. The van der Waals surface area contributed by atoms with Crippen LogP contribution < -0.4 is 26.2 Å². The summed E-state index contributed by atoms with van der Waals surface area (Å²) in [6.45, 7) is 17.5. The summed E-state index contributed by atoms with van der Waals surface area (Å²) in [7, 11) is 0. The van der Waals surface area contributed by atoms with Gasteiger partial charge in [-0.2, -0.15) is 0 Å². The molecule has 458 valence electrons. The first kappa shape index (κ1) is 38.3. The van der Waals surface area contributed by atoms with Gasteiger partial charge in [-0.1, -0.05) is 286 Å². The standard InChI is InChI=1S/C90H75BN4/c1-88(2,3)63-32-23-29-59(51-63)68-35-13-18-42-77(68)94-82-56-66(92-78-43-19-14-36-71(78)72-37-15-20-44-79(72)92)47-49-75(82)91-76-50-48-67(93-80-45-21-16-38-73(80)74-39-17-22-46-81(74)93)57-83(76)95(85-55-62(54-84(94)86(85)91)58-27-11-10-12-28-58)87-69(60-30-24-33-64(52-60)89(4,5)6)40-26-41-70(87)61-31-25-34-65(53-61)90(7,8)9/h10-57H,1-9H3/i10D,11D,12D,14D,15D,16D,17D,19D,20D,21D,22D,27D,28D,36D,37D,38D,39D,43D,44D,45D,46D,49D,50D. The van der Waals surface area contributed by atoms with Gasteiger partial charge < -0.3 is 18.9 Å². The molecule has 17 rings (SSSR count). The summed E-state index contributed by atoms with van der Waals surface area (Å²) in [6.07, 6.45) is 0. The molecular formula is C90H75BN4. The van der Waals surface area contributed by atoms with E-state index in [-0.39, 0.29) is 112 Å². The van der Waals surface area contributed by atoms with E-state index in [0.29, 0.717) is 44.7 Å². The van der Waals surface area contributed by atoms with Gasteiger partial charge in [0.15, 0.2) is 0 Å². The summed E-state index contributed by atoms with van der Waals surface area (Å²) >= 11 is 0. The van der Waals surface area contributed by atoms with Gasteiger partial charge in [0.2, 0.25) is 0 Å². The van der Waals surface area contributed by atoms with Crippen molar-refractivity contribution in [2.45, 2.75) is 78.6 Å². The molecule has 0 bridgehead atoms. The first-order valence-corrected chi connectivity index (χ1v) is 31.8. The molecule has 0 saturated heterocycles. The lowest BCUT2D eigenvalue weighted by atomic mass is 9.33. The molecule has 0 radical (unpaired) electrons. The van der Waals surface area contributed by atoms with Gasteiger partial charge in [0.25, 0.3) is 6.71 Å². The highest BCUT2D eigenvalue weighted by atomic mass is 15.2. The van der Waals surface area contributed by atoms with Crippen molar-refractivity contribution in [2.75, 3.05) is 9.80 Å². The third kappa shape index (κ3) is 9.49. The second-order valence-corrected chi connectivity index (χ2v) is 27.6. The van der Waals surface area contributed by atoms with E-state index in [2.05, 4.69) is 80.5 Å². The second-order valence-electron chi connectivity index (χ2n) is 27.6. The molecule has 95 heavy (non-hydrogen) atoms. The zero-order chi connectivity index (χ0) is 84.7. The Morgan fingerprint density at radius 2 is 0.674 bits per heavy atom. The maximum atomic E-state index is 11.3. The van der Waals surface area contributed by atoms with Crippen LogP contribution in [0, 0.1) is 0 Å². The fraction of sp³-hybridized carbons (Fsp3) is 0.133. The minimum atomic E-state index is -1.33. The number of hydrogen-bond donors (Lipinski definition) is 0. The SMILES string of the molecule is [2H]c1cc(-n2c3c([2H])c([2H])c([2H])c([2H])c3c3c([2H])c([2H])c([2H])c([2H])c32)cc2c1B1c3c([2H])cc(-n4c5c([2H])c([2H])c([2H])c([2H])c5c5c([2H])c([2H])c([2H])c([2H])c54)cc3N(c3c(-c4cccc(C(C)(C)C)c4)cccc3-c3cccc(C(C)(C)C)c3)c3cc(-c4c([2H])c([2H])c([2H])c([2H])c4[2H])cc(c31)N2c1ccccc1-c1cccc(C(C)(C)C)c1. The molecule has 2 aliphatic rings. The molecule has 0 unspecified atom stereocenters.